The van der Waals surface area contributed by atoms with Gasteiger partial charge in [-0.05, 0) is 49.2 Å². The molecule has 1 atom stereocenters. The summed E-state index contributed by atoms with van der Waals surface area (Å²) in [7, 11) is 0. The number of imide groups is 1. The number of carbonyl (C=O) groups is 3. The number of anilines is 1. The maximum Gasteiger partial charge on any atom is 0.262 e. The number of nitrogens with zero attached hydrogens (tertiary/aromatic N) is 2. The summed E-state index contributed by atoms with van der Waals surface area (Å²) in [5.74, 6) is -1.45. The molecule has 1 aliphatic rings. The highest BCUT2D eigenvalue weighted by Gasteiger charge is 2.43. The highest BCUT2D eigenvalue weighted by molar-refractivity contribution is 6.23. The van der Waals surface area contributed by atoms with Crippen molar-refractivity contribution < 1.29 is 14.4 Å². The highest BCUT2D eigenvalue weighted by Crippen LogP contribution is 2.28. The summed E-state index contributed by atoms with van der Waals surface area (Å²) in [6, 6.07) is 13.5. The topological polar surface area (TPSA) is 71.4 Å². The molecular weight excluding hydrogens is 366 g/mol. The molecule has 0 bridgehead atoms. The Morgan fingerprint density at radius 1 is 1.00 bits per heavy atom. The van der Waals surface area contributed by atoms with Gasteiger partial charge in [-0.3, -0.25) is 19.3 Å². The van der Waals surface area contributed by atoms with E-state index < -0.39 is 17.9 Å². The van der Waals surface area contributed by atoms with Gasteiger partial charge in [-0.1, -0.05) is 26.0 Å². The number of hydrogen-bond acceptors (Lipinski definition) is 3. The van der Waals surface area contributed by atoms with Crippen molar-refractivity contribution in [2.75, 3.05) is 5.32 Å². The van der Waals surface area contributed by atoms with E-state index in [0.717, 1.165) is 22.3 Å². The predicted octanol–water partition coefficient (Wildman–Crippen LogP) is 3.92. The fraction of sp³-hybridized carbons (Fsp3) is 0.261. The normalized spacial score (nSPS) is 14.6. The maximum atomic E-state index is 13.1. The average Bonchev–Trinajstić information content (AvgIpc) is 3.22. The lowest BCUT2D eigenvalue weighted by Crippen LogP contribution is -2.50. The molecule has 3 amide bonds. The van der Waals surface area contributed by atoms with E-state index >= 15 is 0 Å². The number of fused-ring (bicyclic) bond motifs is 2. The first-order valence-electron chi connectivity index (χ1n) is 9.79. The Hall–Kier alpha value is -3.41. The molecule has 1 aromatic heterocycles. The van der Waals surface area contributed by atoms with E-state index in [1.165, 1.54) is 0 Å². The largest absolute Gasteiger partial charge is 0.348 e. The van der Waals surface area contributed by atoms with Crippen LogP contribution in [0.3, 0.4) is 0 Å². The van der Waals surface area contributed by atoms with Gasteiger partial charge in [-0.15, -0.1) is 0 Å². The Labute approximate surface area is 169 Å². The molecule has 1 N–H and O–H groups in total. The quantitative estimate of drug-likeness (QED) is 0.672. The minimum atomic E-state index is -0.890. The Kier molecular flexibility index (Phi) is 4.70. The minimum Gasteiger partial charge on any atom is -0.348 e. The summed E-state index contributed by atoms with van der Waals surface area (Å²) < 4.78 is 2.12. The van der Waals surface area contributed by atoms with Gasteiger partial charge in [0, 0.05) is 29.3 Å². The number of rotatable bonds is 5. The Morgan fingerprint density at radius 3 is 2.24 bits per heavy atom. The van der Waals surface area contributed by atoms with Crippen LogP contribution in [-0.2, 0) is 11.3 Å². The second-order valence-corrected chi connectivity index (χ2v) is 7.58. The van der Waals surface area contributed by atoms with Gasteiger partial charge in [0.2, 0.25) is 5.91 Å². The fourth-order valence-corrected chi connectivity index (χ4v) is 3.95. The molecule has 0 spiro atoms. The van der Waals surface area contributed by atoms with E-state index in [9.17, 15) is 14.4 Å². The van der Waals surface area contributed by atoms with E-state index in [1.54, 1.807) is 24.3 Å². The Bertz CT molecular complexity index is 1090. The second kappa shape index (κ2) is 7.20. The average molecular weight is 389 g/mol. The maximum absolute atomic E-state index is 13.1. The van der Waals surface area contributed by atoms with E-state index in [0.29, 0.717) is 16.8 Å². The first-order valence-corrected chi connectivity index (χ1v) is 9.79. The summed E-state index contributed by atoms with van der Waals surface area (Å²) in [4.78, 5) is 39.9. The lowest BCUT2D eigenvalue weighted by molar-refractivity contribution is -0.121. The number of nitrogens with one attached hydrogen (secondary N) is 1. The van der Waals surface area contributed by atoms with E-state index in [2.05, 4.69) is 16.8 Å². The van der Waals surface area contributed by atoms with Gasteiger partial charge < -0.3 is 9.88 Å². The number of amides is 3. The fourth-order valence-electron chi connectivity index (χ4n) is 3.95. The molecule has 6 heteroatoms. The Morgan fingerprint density at radius 2 is 1.66 bits per heavy atom. The molecule has 0 aliphatic carbocycles. The number of carbonyl (C=O) groups excluding carboxylic acids is 3. The van der Waals surface area contributed by atoms with Gasteiger partial charge in [0.25, 0.3) is 11.8 Å². The zero-order chi connectivity index (χ0) is 20.7. The third kappa shape index (κ3) is 3.10. The molecule has 0 saturated carbocycles. The smallest absolute Gasteiger partial charge is 0.262 e. The number of aryl methyl sites for hydroxylation is 1. The standard InChI is InChI=1S/C23H23N3O3/c1-4-25-12-11-15-13-16(9-10-19(15)25)24-21(27)20(14(2)3)26-22(28)17-7-5-6-8-18(17)23(26)29/h5-14,20H,4H2,1-3H3,(H,24,27). The van der Waals surface area contributed by atoms with Gasteiger partial charge in [-0.25, -0.2) is 0 Å². The van der Waals surface area contributed by atoms with Crippen molar-refractivity contribution >= 4 is 34.3 Å². The zero-order valence-electron chi connectivity index (χ0n) is 16.7. The minimum absolute atomic E-state index is 0.234. The van der Waals surface area contributed by atoms with Gasteiger partial charge >= 0.3 is 0 Å². The molecule has 1 aliphatic heterocycles. The van der Waals surface area contributed by atoms with Crippen molar-refractivity contribution in [3.8, 4) is 0 Å². The summed E-state index contributed by atoms with van der Waals surface area (Å²) in [6.07, 6.45) is 2.01. The third-order valence-electron chi connectivity index (χ3n) is 5.38. The molecule has 0 fully saturated rings. The summed E-state index contributed by atoms with van der Waals surface area (Å²) >= 11 is 0. The molecular formula is C23H23N3O3. The van der Waals surface area contributed by atoms with Crippen LogP contribution in [-0.4, -0.2) is 33.2 Å². The van der Waals surface area contributed by atoms with Crippen LogP contribution in [0.15, 0.2) is 54.7 Å². The van der Waals surface area contributed by atoms with Crippen LogP contribution in [0.2, 0.25) is 0 Å². The Balaban J connectivity index is 1.62. The molecule has 0 saturated heterocycles. The molecule has 2 aromatic carbocycles. The molecule has 4 rings (SSSR count). The second-order valence-electron chi connectivity index (χ2n) is 7.58. The van der Waals surface area contributed by atoms with Crippen molar-refractivity contribution in [1.29, 1.82) is 0 Å². The zero-order valence-corrected chi connectivity index (χ0v) is 16.7. The van der Waals surface area contributed by atoms with Crippen molar-refractivity contribution in [2.24, 2.45) is 5.92 Å². The van der Waals surface area contributed by atoms with E-state index in [-0.39, 0.29) is 11.8 Å². The summed E-state index contributed by atoms with van der Waals surface area (Å²) in [5, 5.41) is 3.91. The first kappa shape index (κ1) is 18.9. The van der Waals surface area contributed by atoms with Crippen LogP contribution < -0.4 is 5.32 Å². The summed E-state index contributed by atoms with van der Waals surface area (Å²) in [6.45, 7) is 6.60. The van der Waals surface area contributed by atoms with Crippen molar-refractivity contribution in [3.63, 3.8) is 0 Å². The van der Waals surface area contributed by atoms with E-state index in [1.807, 2.05) is 44.3 Å². The molecule has 1 unspecified atom stereocenters. The molecule has 29 heavy (non-hydrogen) atoms. The van der Waals surface area contributed by atoms with Crippen LogP contribution >= 0.6 is 0 Å². The van der Waals surface area contributed by atoms with Crippen molar-refractivity contribution in [1.82, 2.24) is 9.47 Å². The van der Waals surface area contributed by atoms with Crippen LogP contribution in [0.5, 0.6) is 0 Å². The molecule has 0 radical (unpaired) electrons. The van der Waals surface area contributed by atoms with E-state index in [4.69, 9.17) is 0 Å². The van der Waals surface area contributed by atoms with Crippen LogP contribution in [0, 0.1) is 5.92 Å². The first-order chi connectivity index (χ1) is 13.9. The highest BCUT2D eigenvalue weighted by atomic mass is 16.2. The monoisotopic (exact) mass is 389 g/mol. The van der Waals surface area contributed by atoms with Crippen LogP contribution in [0.1, 0.15) is 41.5 Å². The summed E-state index contributed by atoms with van der Waals surface area (Å²) in [5.41, 5.74) is 2.42. The van der Waals surface area contributed by atoms with Gasteiger partial charge in [0.1, 0.15) is 6.04 Å². The van der Waals surface area contributed by atoms with Crippen molar-refractivity contribution in [3.05, 3.63) is 65.9 Å². The van der Waals surface area contributed by atoms with Crippen molar-refractivity contribution in [2.45, 2.75) is 33.4 Å². The lowest BCUT2D eigenvalue weighted by Gasteiger charge is -2.28. The lowest BCUT2D eigenvalue weighted by atomic mass is 10.0. The number of aromatic nitrogens is 1. The van der Waals surface area contributed by atoms with Crippen LogP contribution in [0.4, 0.5) is 5.69 Å². The molecule has 6 nitrogen and oxygen atoms in total. The van der Waals surface area contributed by atoms with Gasteiger partial charge in [0.15, 0.2) is 0 Å². The predicted molar refractivity (Wildman–Crippen MR) is 112 cm³/mol. The van der Waals surface area contributed by atoms with Gasteiger partial charge in [0.05, 0.1) is 11.1 Å². The third-order valence-corrected chi connectivity index (χ3v) is 5.38. The number of benzene rings is 2. The number of hydrogen-bond donors (Lipinski definition) is 1. The van der Waals surface area contributed by atoms with Gasteiger partial charge in [-0.2, -0.15) is 0 Å². The molecule has 148 valence electrons. The SMILES string of the molecule is CCn1ccc2cc(NC(=O)C(C(C)C)N3C(=O)c4ccccc4C3=O)ccc21. The van der Waals surface area contributed by atoms with Crippen LogP contribution in [0.25, 0.3) is 10.9 Å². The molecule has 3 aromatic rings. The molecule has 2 heterocycles.